The highest BCUT2D eigenvalue weighted by Crippen LogP contribution is 2.12. The first-order valence-corrected chi connectivity index (χ1v) is 8.19. The number of carbonyl (C=O) groups excluding carboxylic acids is 1. The Morgan fingerprint density at radius 2 is 2.19 bits per heavy atom. The summed E-state index contributed by atoms with van der Waals surface area (Å²) in [4.78, 5) is 11.5. The predicted molar refractivity (Wildman–Crippen MR) is 77.3 cm³/mol. The van der Waals surface area contributed by atoms with Crippen molar-refractivity contribution in [1.82, 2.24) is 5.32 Å². The summed E-state index contributed by atoms with van der Waals surface area (Å²) in [5, 5.41) is 11.6. The van der Waals surface area contributed by atoms with Crippen molar-refractivity contribution in [3.8, 4) is 6.07 Å². The van der Waals surface area contributed by atoms with Crippen molar-refractivity contribution in [1.29, 1.82) is 5.26 Å². The van der Waals surface area contributed by atoms with Crippen molar-refractivity contribution in [3.05, 3.63) is 29.8 Å². The number of ether oxygens (including phenoxy) is 1. The van der Waals surface area contributed by atoms with Crippen molar-refractivity contribution in [2.45, 2.75) is 24.8 Å². The number of sulfone groups is 1. The Labute approximate surface area is 124 Å². The van der Waals surface area contributed by atoms with Gasteiger partial charge >= 0.3 is 5.97 Å². The van der Waals surface area contributed by atoms with E-state index in [-0.39, 0.29) is 23.8 Å². The van der Waals surface area contributed by atoms with E-state index < -0.39 is 21.8 Å². The third-order valence-electron chi connectivity index (χ3n) is 2.78. The van der Waals surface area contributed by atoms with Gasteiger partial charge in [-0.2, -0.15) is 5.26 Å². The Balaban J connectivity index is 2.61. The molecule has 0 bridgehead atoms. The molecule has 0 fully saturated rings. The van der Waals surface area contributed by atoms with Crippen molar-refractivity contribution in [2.24, 2.45) is 0 Å². The molecule has 7 heteroatoms. The molecule has 1 aromatic rings. The van der Waals surface area contributed by atoms with E-state index in [1.807, 2.05) is 6.07 Å². The third-order valence-corrected chi connectivity index (χ3v) is 4.50. The van der Waals surface area contributed by atoms with Crippen LogP contribution in [-0.4, -0.2) is 39.3 Å². The van der Waals surface area contributed by atoms with Crippen LogP contribution in [0.2, 0.25) is 0 Å². The van der Waals surface area contributed by atoms with E-state index in [4.69, 9.17) is 10.00 Å². The smallest absolute Gasteiger partial charge is 0.322 e. The van der Waals surface area contributed by atoms with Crippen molar-refractivity contribution < 1.29 is 17.9 Å². The number of hydrogen-bond acceptors (Lipinski definition) is 6. The molecule has 114 valence electrons. The van der Waals surface area contributed by atoms with Crippen LogP contribution in [0.3, 0.4) is 0 Å². The molecule has 0 aliphatic heterocycles. The second-order valence-corrected chi connectivity index (χ2v) is 6.50. The average molecular weight is 310 g/mol. The van der Waals surface area contributed by atoms with E-state index in [1.165, 1.54) is 18.2 Å². The zero-order valence-corrected chi connectivity index (χ0v) is 12.8. The minimum absolute atomic E-state index is 0.104. The van der Waals surface area contributed by atoms with E-state index in [2.05, 4.69) is 5.32 Å². The first-order valence-electron chi connectivity index (χ1n) is 6.53. The largest absolute Gasteiger partial charge is 0.465 e. The van der Waals surface area contributed by atoms with Crippen molar-refractivity contribution in [2.75, 3.05) is 18.9 Å². The summed E-state index contributed by atoms with van der Waals surface area (Å²) in [6.07, 6.45) is 0. The van der Waals surface area contributed by atoms with Gasteiger partial charge in [-0.25, -0.2) is 8.42 Å². The van der Waals surface area contributed by atoms with Crippen LogP contribution < -0.4 is 5.32 Å². The molecule has 1 atom stereocenters. The summed E-state index contributed by atoms with van der Waals surface area (Å²) >= 11 is 0. The van der Waals surface area contributed by atoms with Crippen LogP contribution in [-0.2, 0) is 19.4 Å². The predicted octanol–water partition coefficient (Wildman–Crippen LogP) is 0.873. The molecule has 1 aromatic carbocycles. The second-order valence-electron chi connectivity index (χ2n) is 4.39. The van der Waals surface area contributed by atoms with Crippen molar-refractivity contribution >= 4 is 15.8 Å². The van der Waals surface area contributed by atoms with Crippen LogP contribution in [0.1, 0.15) is 19.4 Å². The highest BCUT2D eigenvalue weighted by molar-refractivity contribution is 7.91. The molecule has 6 nitrogen and oxygen atoms in total. The molecular weight excluding hydrogens is 292 g/mol. The normalized spacial score (nSPS) is 12.4. The lowest BCUT2D eigenvalue weighted by Gasteiger charge is -2.12. The molecule has 0 spiro atoms. The molecule has 0 heterocycles. The lowest BCUT2D eigenvalue weighted by molar-refractivity contribution is -0.145. The van der Waals surface area contributed by atoms with Crippen molar-refractivity contribution in [3.63, 3.8) is 0 Å². The number of carbonyl (C=O) groups is 1. The van der Waals surface area contributed by atoms with Gasteiger partial charge in [0.05, 0.1) is 28.9 Å². The Bertz CT molecular complexity index is 635. The van der Waals surface area contributed by atoms with Gasteiger partial charge in [0.1, 0.15) is 6.04 Å². The molecule has 0 aliphatic rings. The molecule has 0 aromatic heterocycles. The Morgan fingerprint density at radius 1 is 1.48 bits per heavy atom. The van der Waals surface area contributed by atoms with Crippen LogP contribution in [0, 0.1) is 11.3 Å². The lowest BCUT2D eigenvalue weighted by atomic mass is 10.2. The third kappa shape index (κ3) is 5.17. The van der Waals surface area contributed by atoms with Crippen LogP contribution in [0.4, 0.5) is 0 Å². The van der Waals surface area contributed by atoms with Gasteiger partial charge in [0.2, 0.25) is 0 Å². The summed E-state index contributed by atoms with van der Waals surface area (Å²) in [7, 11) is -3.49. The minimum atomic E-state index is -3.49. The summed E-state index contributed by atoms with van der Waals surface area (Å²) < 4.78 is 29.0. The van der Waals surface area contributed by atoms with E-state index in [1.54, 1.807) is 19.9 Å². The summed E-state index contributed by atoms with van der Waals surface area (Å²) in [5.74, 6) is -0.576. The number of nitriles is 1. The van der Waals surface area contributed by atoms with Crippen LogP contribution in [0.25, 0.3) is 0 Å². The first-order chi connectivity index (χ1) is 9.90. The zero-order valence-electron chi connectivity index (χ0n) is 12.0. The molecule has 0 saturated heterocycles. The molecule has 21 heavy (non-hydrogen) atoms. The summed E-state index contributed by atoms with van der Waals surface area (Å²) in [5.41, 5.74) is 0.295. The summed E-state index contributed by atoms with van der Waals surface area (Å²) in [6, 6.07) is 7.19. The van der Waals surface area contributed by atoms with E-state index in [9.17, 15) is 13.2 Å². The second kappa shape index (κ2) is 7.76. The maximum absolute atomic E-state index is 12.1. The average Bonchev–Trinajstić information content (AvgIpc) is 2.47. The van der Waals surface area contributed by atoms with Crippen LogP contribution in [0.5, 0.6) is 0 Å². The fourth-order valence-corrected chi connectivity index (χ4v) is 2.85. The molecule has 1 rings (SSSR count). The number of nitrogens with zero attached hydrogens (tertiary/aromatic N) is 1. The van der Waals surface area contributed by atoms with Crippen LogP contribution >= 0.6 is 0 Å². The fraction of sp³-hybridized carbons (Fsp3) is 0.429. The van der Waals surface area contributed by atoms with Gasteiger partial charge in [-0.1, -0.05) is 6.07 Å². The van der Waals surface area contributed by atoms with E-state index in [0.717, 1.165) is 0 Å². The minimum Gasteiger partial charge on any atom is -0.465 e. The SMILES string of the molecule is CCOC(=O)C(C)NCCS(=O)(=O)c1cccc(C#N)c1. The van der Waals surface area contributed by atoms with Gasteiger partial charge in [-0.3, -0.25) is 4.79 Å². The maximum Gasteiger partial charge on any atom is 0.322 e. The number of nitrogens with one attached hydrogen (secondary N) is 1. The Kier molecular flexibility index (Phi) is 6.34. The summed E-state index contributed by atoms with van der Waals surface area (Å²) in [6.45, 7) is 3.72. The molecule has 0 aliphatic carbocycles. The number of benzene rings is 1. The molecule has 0 saturated carbocycles. The topological polar surface area (TPSA) is 96.3 Å². The lowest BCUT2D eigenvalue weighted by Crippen LogP contribution is -2.38. The number of rotatable bonds is 7. The molecule has 0 amide bonds. The Hall–Kier alpha value is -1.91. The highest BCUT2D eigenvalue weighted by atomic mass is 32.2. The standard InChI is InChI=1S/C14H18N2O4S/c1-3-20-14(17)11(2)16-7-8-21(18,19)13-6-4-5-12(9-13)10-15/h4-6,9,11,16H,3,7-8H2,1-2H3. The monoisotopic (exact) mass is 310 g/mol. The van der Waals surface area contributed by atoms with Gasteiger partial charge in [0.25, 0.3) is 0 Å². The number of esters is 1. The zero-order chi connectivity index (χ0) is 15.9. The maximum atomic E-state index is 12.1. The van der Waals surface area contributed by atoms with E-state index >= 15 is 0 Å². The van der Waals surface area contributed by atoms with E-state index in [0.29, 0.717) is 5.56 Å². The number of hydrogen-bond donors (Lipinski definition) is 1. The van der Waals surface area contributed by atoms with Gasteiger partial charge in [0.15, 0.2) is 9.84 Å². The highest BCUT2D eigenvalue weighted by Gasteiger charge is 2.17. The van der Waals surface area contributed by atoms with Gasteiger partial charge in [-0.05, 0) is 32.0 Å². The van der Waals surface area contributed by atoms with Gasteiger partial charge in [0, 0.05) is 6.54 Å². The fourth-order valence-electron chi connectivity index (χ4n) is 1.64. The molecular formula is C14H18N2O4S. The quantitative estimate of drug-likeness (QED) is 0.751. The van der Waals surface area contributed by atoms with Gasteiger partial charge in [-0.15, -0.1) is 0 Å². The Morgan fingerprint density at radius 3 is 2.81 bits per heavy atom. The molecule has 0 radical (unpaired) electrons. The molecule has 1 N–H and O–H groups in total. The molecule has 1 unspecified atom stereocenters. The van der Waals surface area contributed by atoms with Gasteiger partial charge < -0.3 is 10.1 Å². The van der Waals surface area contributed by atoms with Crippen LogP contribution in [0.15, 0.2) is 29.2 Å². The first kappa shape index (κ1) is 17.1.